The normalized spacial score (nSPS) is 35.1. The third kappa shape index (κ3) is 3.83. The average Bonchev–Trinajstić information content (AvgIpc) is 2.35. The van der Waals surface area contributed by atoms with Crippen molar-refractivity contribution in [2.45, 2.75) is 20.3 Å². The van der Waals surface area contributed by atoms with E-state index in [1.54, 1.807) is 0 Å². The second kappa shape index (κ2) is 6.18. The molecule has 1 N–H and O–H groups in total. The summed E-state index contributed by atoms with van der Waals surface area (Å²) in [4.78, 5) is 2.53. The van der Waals surface area contributed by atoms with E-state index >= 15 is 0 Å². The highest BCUT2D eigenvalue weighted by Gasteiger charge is 2.10. The zero-order valence-electron chi connectivity index (χ0n) is 11.1. The van der Waals surface area contributed by atoms with Gasteiger partial charge in [0.15, 0.2) is 0 Å². The van der Waals surface area contributed by atoms with Crippen molar-refractivity contribution in [2.24, 2.45) is 5.92 Å². The lowest BCUT2D eigenvalue weighted by Gasteiger charge is -2.27. The van der Waals surface area contributed by atoms with Gasteiger partial charge < -0.3 is 5.32 Å². The number of rotatable bonds is 2. The molecule has 0 aromatic rings. The maximum Gasteiger partial charge on any atom is 0.0234 e. The average molecular weight is 232 g/mol. The van der Waals surface area contributed by atoms with Gasteiger partial charge in [0.25, 0.3) is 0 Å². The molecule has 2 nitrogen and oxygen atoms in total. The van der Waals surface area contributed by atoms with E-state index in [1.165, 1.54) is 30.7 Å². The number of hydrogen-bond donors (Lipinski definition) is 1. The molecule has 1 fully saturated rings. The fraction of sp³-hybridized carbons (Fsp3) is 0.600. The van der Waals surface area contributed by atoms with E-state index in [0.29, 0.717) is 5.92 Å². The number of piperazine rings is 1. The standard InChI is InChI=1S/C15H24N2/c1-13-4-3-5-15(7-6-14(13)2)12-17-10-8-16-9-11-17/h3,5-7,13,16H,4,8-12H2,1-2H3/b5-3+,14-6-,15-7+. The molecule has 1 aliphatic carbocycles. The molecule has 2 heteroatoms. The largest absolute Gasteiger partial charge is 0.314 e. The number of nitrogens with zero attached hydrogens (tertiary/aromatic N) is 1. The minimum atomic E-state index is 0.684. The minimum absolute atomic E-state index is 0.684. The van der Waals surface area contributed by atoms with Gasteiger partial charge in [-0.15, -0.1) is 0 Å². The predicted octanol–water partition coefficient (Wildman–Crippen LogP) is 2.36. The molecule has 0 spiro atoms. The Balaban J connectivity index is 1.99. The first-order valence-corrected chi connectivity index (χ1v) is 6.72. The van der Waals surface area contributed by atoms with Crippen molar-refractivity contribution in [1.82, 2.24) is 10.2 Å². The first-order valence-electron chi connectivity index (χ1n) is 6.72. The monoisotopic (exact) mass is 232 g/mol. The molecule has 0 amide bonds. The summed E-state index contributed by atoms with van der Waals surface area (Å²) in [6.45, 7) is 10.2. The van der Waals surface area contributed by atoms with Gasteiger partial charge in [-0.2, -0.15) is 0 Å². The van der Waals surface area contributed by atoms with Gasteiger partial charge in [0, 0.05) is 32.7 Å². The molecule has 1 heterocycles. The summed E-state index contributed by atoms with van der Waals surface area (Å²) in [6.07, 6.45) is 10.4. The van der Waals surface area contributed by atoms with E-state index < -0.39 is 0 Å². The van der Waals surface area contributed by atoms with Gasteiger partial charge in [-0.05, 0) is 24.8 Å². The van der Waals surface area contributed by atoms with Crippen LogP contribution in [0.1, 0.15) is 20.3 Å². The van der Waals surface area contributed by atoms with Gasteiger partial charge in [0.2, 0.25) is 0 Å². The van der Waals surface area contributed by atoms with Crippen molar-refractivity contribution in [1.29, 1.82) is 0 Å². The maximum absolute atomic E-state index is 3.40. The van der Waals surface area contributed by atoms with Crippen LogP contribution in [-0.4, -0.2) is 37.6 Å². The third-order valence-corrected chi connectivity index (χ3v) is 3.77. The summed E-state index contributed by atoms with van der Waals surface area (Å²) in [5, 5.41) is 3.40. The van der Waals surface area contributed by atoms with Gasteiger partial charge in [-0.3, -0.25) is 4.90 Å². The lowest BCUT2D eigenvalue weighted by atomic mass is 9.95. The summed E-state index contributed by atoms with van der Waals surface area (Å²) in [5.41, 5.74) is 2.94. The smallest absolute Gasteiger partial charge is 0.0234 e. The Hall–Kier alpha value is -0.860. The lowest BCUT2D eigenvalue weighted by Crippen LogP contribution is -2.44. The highest BCUT2D eigenvalue weighted by atomic mass is 15.2. The Morgan fingerprint density at radius 2 is 2.06 bits per heavy atom. The second-order valence-electron chi connectivity index (χ2n) is 5.22. The van der Waals surface area contributed by atoms with E-state index in [4.69, 9.17) is 0 Å². The van der Waals surface area contributed by atoms with E-state index in [1.807, 2.05) is 0 Å². The Bertz CT molecular complexity index is 333. The van der Waals surface area contributed by atoms with Crippen molar-refractivity contribution >= 4 is 0 Å². The van der Waals surface area contributed by atoms with Gasteiger partial charge in [-0.1, -0.05) is 36.8 Å². The van der Waals surface area contributed by atoms with Gasteiger partial charge in [-0.25, -0.2) is 0 Å². The SMILES string of the molecule is C/C1=C/C=C(CN2CCNCC2)\C=C\CC1C. The zero-order chi connectivity index (χ0) is 12.1. The van der Waals surface area contributed by atoms with Crippen LogP contribution >= 0.6 is 0 Å². The van der Waals surface area contributed by atoms with Crippen LogP contribution in [0, 0.1) is 5.92 Å². The van der Waals surface area contributed by atoms with Crippen LogP contribution in [0.25, 0.3) is 0 Å². The molecule has 0 aromatic carbocycles. The highest BCUT2D eigenvalue weighted by Crippen LogP contribution is 2.18. The molecule has 17 heavy (non-hydrogen) atoms. The van der Waals surface area contributed by atoms with Gasteiger partial charge in [0.05, 0.1) is 0 Å². The molecule has 1 saturated heterocycles. The van der Waals surface area contributed by atoms with Crippen LogP contribution in [0.5, 0.6) is 0 Å². The lowest BCUT2D eigenvalue weighted by molar-refractivity contribution is 0.261. The van der Waals surface area contributed by atoms with Crippen molar-refractivity contribution < 1.29 is 0 Å². The molecule has 2 rings (SSSR count). The third-order valence-electron chi connectivity index (χ3n) is 3.77. The Morgan fingerprint density at radius 1 is 1.29 bits per heavy atom. The van der Waals surface area contributed by atoms with Crippen LogP contribution in [0.3, 0.4) is 0 Å². The number of hydrogen-bond acceptors (Lipinski definition) is 2. The zero-order valence-corrected chi connectivity index (χ0v) is 11.1. The molecule has 0 saturated carbocycles. The summed E-state index contributed by atoms with van der Waals surface area (Å²) >= 11 is 0. The Morgan fingerprint density at radius 3 is 2.82 bits per heavy atom. The van der Waals surface area contributed by atoms with Crippen LogP contribution < -0.4 is 5.32 Å². The summed E-state index contributed by atoms with van der Waals surface area (Å²) in [6, 6.07) is 0. The molecule has 1 atom stereocenters. The molecule has 1 unspecified atom stereocenters. The highest BCUT2D eigenvalue weighted by molar-refractivity contribution is 5.29. The van der Waals surface area contributed by atoms with E-state index in [9.17, 15) is 0 Å². The van der Waals surface area contributed by atoms with Crippen LogP contribution in [0.4, 0.5) is 0 Å². The van der Waals surface area contributed by atoms with Crippen LogP contribution in [0.15, 0.2) is 35.5 Å². The van der Waals surface area contributed by atoms with Crippen molar-refractivity contribution in [3.8, 4) is 0 Å². The second-order valence-corrected chi connectivity index (χ2v) is 5.22. The Labute approximate surface area is 105 Å². The first kappa shape index (κ1) is 12.6. The van der Waals surface area contributed by atoms with E-state index in [0.717, 1.165) is 19.6 Å². The molecular weight excluding hydrogens is 208 g/mol. The molecule has 0 radical (unpaired) electrons. The van der Waals surface area contributed by atoms with E-state index in [2.05, 4.69) is 48.4 Å². The fourth-order valence-electron chi connectivity index (χ4n) is 2.30. The van der Waals surface area contributed by atoms with Crippen LogP contribution in [0.2, 0.25) is 0 Å². The molecule has 0 aromatic heterocycles. The van der Waals surface area contributed by atoms with Crippen LogP contribution in [-0.2, 0) is 0 Å². The molecular formula is C15H24N2. The Kier molecular flexibility index (Phi) is 4.57. The maximum atomic E-state index is 3.40. The van der Waals surface area contributed by atoms with Crippen molar-refractivity contribution in [3.05, 3.63) is 35.5 Å². The molecule has 0 bridgehead atoms. The molecule has 94 valence electrons. The first-order chi connectivity index (χ1) is 8.25. The quantitative estimate of drug-likeness (QED) is 0.786. The summed E-state index contributed by atoms with van der Waals surface area (Å²) in [5.74, 6) is 0.684. The predicted molar refractivity (Wildman–Crippen MR) is 74.1 cm³/mol. The molecule has 1 aliphatic heterocycles. The van der Waals surface area contributed by atoms with Gasteiger partial charge >= 0.3 is 0 Å². The van der Waals surface area contributed by atoms with E-state index in [-0.39, 0.29) is 0 Å². The topological polar surface area (TPSA) is 15.3 Å². The fourth-order valence-corrected chi connectivity index (χ4v) is 2.30. The van der Waals surface area contributed by atoms with Crippen molar-refractivity contribution in [2.75, 3.05) is 32.7 Å². The van der Waals surface area contributed by atoms with Crippen molar-refractivity contribution in [3.63, 3.8) is 0 Å². The summed E-state index contributed by atoms with van der Waals surface area (Å²) in [7, 11) is 0. The van der Waals surface area contributed by atoms with Gasteiger partial charge in [0.1, 0.15) is 0 Å². The number of nitrogens with one attached hydrogen (secondary N) is 1. The number of allylic oxidation sites excluding steroid dienone is 4. The molecule has 2 aliphatic rings. The summed E-state index contributed by atoms with van der Waals surface area (Å²) < 4.78 is 0. The minimum Gasteiger partial charge on any atom is -0.314 e.